The first-order chi connectivity index (χ1) is 4.88. The molecule has 5 heteroatoms. The van der Waals surface area contributed by atoms with Crippen molar-refractivity contribution < 1.29 is 4.79 Å². The Morgan fingerprint density at radius 1 is 1.70 bits per heavy atom. The minimum Gasteiger partial charge on any atom is -0.311 e. The fourth-order valence-electron chi connectivity index (χ4n) is 1.19. The third-order valence-corrected chi connectivity index (χ3v) is 1.74. The van der Waals surface area contributed by atoms with Gasteiger partial charge < -0.3 is 5.32 Å². The van der Waals surface area contributed by atoms with Crippen LogP contribution in [0.4, 0.5) is 4.79 Å². The van der Waals surface area contributed by atoms with Gasteiger partial charge in [-0.25, -0.2) is 4.79 Å². The zero-order chi connectivity index (χ0) is 6.97. The molecule has 2 aliphatic rings. The van der Waals surface area contributed by atoms with Crippen molar-refractivity contribution in [3.05, 3.63) is 0 Å². The van der Waals surface area contributed by atoms with Crippen molar-refractivity contribution in [1.29, 1.82) is 0 Å². The fraction of sp³-hybridized carbons (Fsp3) is 0.800. The van der Waals surface area contributed by atoms with E-state index in [1.165, 1.54) is 0 Å². The summed E-state index contributed by atoms with van der Waals surface area (Å²) in [7, 11) is 0. The number of nitrogens with one attached hydrogen (secondary N) is 1. The van der Waals surface area contributed by atoms with E-state index in [9.17, 15) is 4.79 Å². The standard InChI is InChI=1S/C5H8N4O/c10-5-8-7-4-3-6-1-2-9(4)5/h4,6H,1-3H2. The van der Waals surface area contributed by atoms with E-state index >= 15 is 0 Å². The third-order valence-electron chi connectivity index (χ3n) is 1.74. The van der Waals surface area contributed by atoms with Crippen LogP contribution in [0.1, 0.15) is 0 Å². The van der Waals surface area contributed by atoms with Gasteiger partial charge in [-0.2, -0.15) is 5.11 Å². The molecule has 0 bridgehead atoms. The highest BCUT2D eigenvalue weighted by Gasteiger charge is 2.30. The van der Waals surface area contributed by atoms with Gasteiger partial charge in [0.15, 0.2) is 6.17 Å². The molecule has 0 spiro atoms. The first-order valence-electron chi connectivity index (χ1n) is 3.30. The molecular formula is C5H8N4O. The van der Waals surface area contributed by atoms with Crippen LogP contribution in [0.3, 0.4) is 0 Å². The number of carbonyl (C=O) groups is 1. The summed E-state index contributed by atoms with van der Waals surface area (Å²) in [6, 6.07) is -0.188. The Kier molecular flexibility index (Phi) is 1.17. The first-order valence-corrected chi connectivity index (χ1v) is 3.30. The van der Waals surface area contributed by atoms with E-state index in [-0.39, 0.29) is 12.2 Å². The molecule has 1 unspecified atom stereocenters. The van der Waals surface area contributed by atoms with E-state index in [1.54, 1.807) is 4.90 Å². The number of amides is 2. The quantitative estimate of drug-likeness (QED) is 0.506. The molecule has 54 valence electrons. The van der Waals surface area contributed by atoms with Gasteiger partial charge in [-0.3, -0.25) is 4.90 Å². The molecule has 1 atom stereocenters. The highest BCUT2D eigenvalue weighted by molar-refractivity contribution is 5.76. The van der Waals surface area contributed by atoms with Crippen molar-refractivity contribution in [1.82, 2.24) is 10.2 Å². The number of nitrogens with zero attached hydrogens (tertiary/aromatic N) is 3. The average molecular weight is 140 g/mol. The number of piperazine rings is 1. The summed E-state index contributed by atoms with van der Waals surface area (Å²) in [6.07, 6.45) is -0.0266. The molecule has 0 aromatic heterocycles. The zero-order valence-corrected chi connectivity index (χ0v) is 5.45. The number of hydrogen-bond acceptors (Lipinski definition) is 3. The number of urea groups is 1. The van der Waals surface area contributed by atoms with E-state index in [0.29, 0.717) is 0 Å². The molecule has 1 fully saturated rings. The van der Waals surface area contributed by atoms with Gasteiger partial charge in [0, 0.05) is 19.6 Å². The summed E-state index contributed by atoms with van der Waals surface area (Å²) in [5.74, 6) is 0. The SMILES string of the molecule is O=C1N=NC2CNCCN12. The summed E-state index contributed by atoms with van der Waals surface area (Å²) >= 11 is 0. The normalized spacial score (nSPS) is 31.0. The van der Waals surface area contributed by atoms with Crippen LogP contribution in [0.25, 0.3) is 0 Å². The molecule has 10 heavy (non-hydrogen) atoms. The predicted molar refractivity (Wildman–Crippen MR) is 33.6 cm³/mol. The van der Waals surface area contributed by atoms with Crippen LogP contribution >= 0.6 is 0 Å². The van der Waals surface area contributed by atoms with Crippen LogP contribution in [-0.4, -0.2) is 36.7 Å². The van der Waals surface area contributed by atoms with Crippen LogP contribution in [0.2, 0.25) is 0 Å². The number of carbonyl (C=O) groups excluding carboxylic acids is 1. The molecule has 5 nitrogen and oxygen atoms in total. The van der Waals surface area contributed by atoms with Crippen LogP contribution in [-0.2, 0) is 0 Å². The molecule has 2 heterocycles. The van der Waals surface area contributed by atoms with E-state index in [0.717, 1.165) is 19.6 Å². The van der Waals surface area contributed by atoms with E-state index in [4.69, 9.17) is 0 Å². The Morgan fingerprint density at radius 2 is 2.60 bits per heavy atom. The van der Waals surface area contributed by atoms with Gasteiger partial charge >= 0.3 is 6.03 Å². The largest absolute Gasteiger partial charge is 0.363 e. The van der Waals surface area contributed by atoms with E-state index in [2.05, 4.69) is 15.5 Å². The highest BCUT2D eigenvalue weighted by atomic mass is 16.2. The third kappa shape index (κ3) is 0.706. The van der Waals surface area contributed by atoms with Gasteiger partial charge in [0.1, 0.15) is 0 Å². The molecule has 0 aromatic carbocycles. The van der Waals surface area contributed by atoms with Gasteiger partial charge in [0.05, 0.1) is 0 Å². The van der Waals surface area contributed by atoms with Gasteiger partial charge in [0.25, 0.3) is 0 Å². The van der Waals surface area contributed by atoms with Crippen molar-refractivity contribution in [2.24, 2.45) is 10.2 Å². The van der Waals surface area contributed by atoms with Crippen molar-refractivity contribution in [2.45, 2.75) is 6.17 Å². The summed E-state index contributed by atoms with van der Waals surface area (Å²) < 4.78 is 0. The number of hydrogen-bond donors (Lipinski definition) is 1. The molecule has 1 N–H and O–H groups in total. The summed E-state index contributed by atoms with van der Waals surface area (Å²) in [5.41, 5.74) is 0. The van der Waals surface area contributed by atoms with Crippen LogP contribution in [0.15, 0.2) is 10.2 Å². The monoisotopic (exact) mass is 140 g/mol. The second kappa shape index (κ2) is 2.02. The first kappa shape index (κ1) is 5.79. The Balaban J connectivity index is 2.14. The Labute approximate surface area is 58.1 Å². The molecule has 0 saturated carbocycles. The summed E-state index contributed by atoms with van der Waals surface area (Å²) in [4.78, 5) is 12.5. The number of azo groups is 1. The molecule has 1 saturated heterocycles. The maximum absolute atomic E-state index is 10.8. The second-order valence-corrected chi connectivity index (χ2v) is 2.38. The zero-order valence-electron chi connectivity index (χ0n) is 5.45. The predicted octanol–water partition coefficient (Wildman–Crippen LogP) is -0.197. The van der Waals surface area contributed by atoms with Gasteiger partial charge in [-0.15, -0.1) is 0 Å². The maximum atomic E-state index is 10.8. The minimum atomic E-state index is -0.188. The van der Waals surface area contributed by atoms with E-state index in [1.807, 2.05) is 0 Å². The van der Waals surface area contributed by atoms with Crippen molar-refractivity contribution in [2.75, 3.05) is 19.6 Å². The van der Waals surface area contributed by atoms with Crippen LogP contribution in [0.5, 0.6) is 0 Å². The van der Waals surface area contributed by atoms with Crippen LogP contribution in [0, 0.1) is 0 Å². The van der Waals surface area contributed by atoms with Crippen molar-refractivity contribution >= 4 is 6.03 Å². The molecular weight excluding hydrogens is 132 g/mol. The van der Waals surface area contributed by atoms with Gasteiger partial charge in [0.2, 0.25) is 0 Å². The summed E-state index contributed by atoms with van der Waals surface area (Å²) in [6.45, 7) is 2.33. The Hall–Kier alpha value is -0.970. The Bertz CT molecular complexity index is 190. The average Bonchev–Trinajstić information content (AvgIpc) is 2.34. The number of rotatable bonds is 0. The Morgan fingerprint density at radius 3 is 3.40 bits per heavy atom. The molecule has 0 aliphatic carbocycles. The minimum absolute atomic E-state index is 0.0266. The summed E-state index contributed by atoms with van der Waals surface area (Å²) in [5, 5.41) is 10.4. The van der Waals surface area contributed by atoms with Crippen molar-refractivity contribution in [3.63, 3.8) is 0 Å². The van der Waals surface area contributed by atoms with Gasteiger partial charge in [-0.1, -0.05) is 5.11 Å². The lowest BCUT2D eigenvalue weighted by Crippen LogP contribution is -2.49. The molecule has 0 radical (unpaired) electrons. The van der Waals surface area contributed by atoms with E-state index < -0.39 is 0 Å². The molecule has 2 aliphatic heterocycles. The molecule has 2 rings (SSSR count). The smallest absolute Gasteiger partial charge is 0.311 e. The van der Waals surface area contributed by atoms with Crippen LogP contribution < -0.4 is 5.32 Å². The number of fused-ring (bicyclic) bond motifs is 1. The van der Waals surface area contributed by atoms with Crippen molar-refractivity contribution in [3.8, 4) is 0 Å². The highest BCUT2D eigenvalue weighted by Crippen LogP contribution is 2.13. The lowest BCUT2D eigenvalue weighted by molar-refractivity contribution is 0.186. The molecule has 0 aromatic rings. The lowest BCUT2D eigenvalue weighted by Gasteiger charge is -2.26. The maximum Gasteiger partial charge on any atom is 0.363 e. The molecule has 2 amide bonds. The fourth-order valence-corrected chi connectivity index (χ4v) is 1.19. The second-order valence-electron chi connectivity index (χ2n) is 2.38. The topological polar surface area (TPSA) is 57.1 Å². The van der Waals surface area contributed by atoms with Gasteiger partial charge in [-0.05, 0) is 0 Å². The lowest BCUT2D eigenvalue weighted by atomic mass is 10.3.